The Morgan fingerprint density at radius 2 is 2.29 bits per heavy atom. The van der Waals surface area contributed by atoms with Gasteiger partial charge in [-0.1, -0.05) is 0 Å². The van der Waals surface area contributed by atoms with Crippen molar-refractivity contribution in [1.29, 1.82) is 0 Å². The minimum atomic E-state index is 0.344. The van der Waals surface area contributed by atoms with Crippen LogP contribution in [0.1, 0.15) is 5.56 Å². The number of hydrogen-bond donors (Lipinski definition) is 1. The lowest BCUT2D eigenvalue weighted by Crippen LogP contribution is -2.09. The molecule has 2 aromatic rings. The summed E-state index contributed by atoms with van der Waals surface area (Å²) in [5.41, 5.74) is 3.54. The third kappa shape index (κ3) is 0.954. The van der Waals surface area contributed by atoms with E-state index < -0.39 is 0 Å². The average molecular weight is 186 g/mol. The average Bonchev–Trinajstić information content (AvgIpc) is 2.65. The van der Waals surface area contributed by atoms with Crippen LogP contribution in [0.2, 0.25) is 0 Å². The van der Waals surface area contributed by atoms with Crippen LogP contribution < -0.4 is 0 Å². The summed E-state index contributed by atoms with van der Waals surface area (Å²) in [5, 5.41) is 9.36. The Hall–Kier alpha value is -1.77. The zero-order chi connectivity index (χ0) is 9.54. The summed E-state index contributed by atoms with van der Waals surface area (Å²) in [5.74, 6) is 0.344. The number of rotatable bonds is 0. The maximum Gasteiger partial charge on any atom is 0.115 e. The zero-order valence-electron chi connectivity index (χ0n) is 7.64. The van der Waals surface area contributed by atoms with E-state index in [0.717, 1.165) is 18.7 Å². The second kappa shape index (κ2) is 2.61. The van der Waals surface area contributed by atoms with Gasteiger partial charge in [-0.25, -0.2) is 4.98 Å². The van der Waals surface area contributed by atoms with Crippen molar-refractivity contribution in [2.45, 2.75) is 13.0 Å². The molecule has 2 heterocycles. The lowest BCUT2D eigenvalue weighted by molar-refractivity contribution is 0.474. The second-order valence-electron chi connectivity index (χ2n) is 3.56. The van der Waals surface area contributed by atoms with E-state index in [1.54, 1.807) is 6.07 Å². The molecule has 1 aromatic carbocycles. The molecule has 0 saturated heterocycles. The van der Waals surface area contributed by atoms with Crippen molar-refractivity contribution in [3.05, 3.63) is 36.3 Å². The van der Waals surface area contributed by atoms with Gasteiger partial charge in [0.1, 0.15) is 5.75 Å². The number of hydrogen-bond acceptors (Lipinski definition) is 2. The van der Waals surface area contributed by atoms with Crippen LogP contribution in [0.5, 0.6) is 5.75 Å². The van der Waals surface area contributed by atoms with E-state index in [0.29, 0.717) is 5.75 Å². The van der Waals surface area contributed by atoms with Crippen LogP contribution in [-0.4, -0.2) is 14.7 Å². The van der Waals surface area contributed by atoms with Gasteiger partial charge in [-0.15, -0.1) is 0 Å². The van der Waals surface area contributed by atoms with E-state index >= 15 is 0 Å². The number of phenolic OH excluding ortho intramolecular Hbond substituents is 1. The summed E-state index contributed by atoms with van der Waals surface area (Å²) in [6, 6.07) is 5.52. The summed E-state index contributed by atoms with van der Waals surface area (Å²) in [7, 11) is 0. The number of phenols is 1. The first-order chi connectivity index (χ1) is 6.84. The largest absolute Gasteiger partial charge is 0.508 e. The van der Waals surface area contributed by atoms with Crippen molar-refractivity contribution in [2.24, 2.45) is 0 Å². The highest BCUT2D eigenvalue weighted by molar-refractivity contribution is 5.66. The number of aromatic nitrogens is 2. The van der Waals surface area contributed by atoms with E-state index in [1.165, 1.54) is 11.1 Å². The standard InChI is InChI=1S/C11H10N2O/c14-9-1-2-10-8(5-9)3-4-13-7-12-6-11(10)13/h1-2,5-7,14H,3-4H2. The van der Waals surface area contributed by atoms with E-state index in [2.05, 4.69) is 9.55 Å². The highest BCUT2D eigenvalue weighted by Crippen LogP contribution is 2.30. The van der Waals surface area contributed by atoms with Crippen molar-refractivity contribution < 1.29 is 5.11 Å². The fourth-order valence-corrected chi connectivity index (χ4v) is 2.00. The SMILES string of the molecule is Oc1ccc2c(c1)CCn1cncc1-2. The van der Waals surface area contributed by atoms with Gasteiger partial charge in [0.05, 0.1) is 18.2 Å². The molecule has 0 saturated carbocycles. The molecule has 0 unspecified atom stereocenters. The molecule has 1 N–H and O–H groups in total. The maximum absolute atomic E-state index is 9.36. The van der Waals surface area contributed by atoms with Crippen molar-refractivity contribution in [2.75, 3.05) is 0 Å². The number of aromatic hydroxyl groups is 1. The lowest BCUT2D eigenvalue weighted by Gasteiger charge is -2.18. The van der Waals surface area contributed by atoms with Crippen LogP contribution in [0, 0.1) is 0 Å². The van der Waals surface area contributed by atoms with Crippen molar-refractivity contribution in [1.82, 2.24) is 9.55 Å². The van der Waals surface area contributed by atoms with Gasteiger partial charge in [-0.05, 0) is 30.2 Å². The molecule has 0 fully saturated rings. The van der Waals surface area contributed by atoms with Gasteiger partial charge in [0.2, 0.25) is 0 Å². The Morgan fingerprint density at radius 3 is 3.21 bits per heavy atom. The number of fused-ring (bicyclic) bond motifs is 3. The molecule has 1 aliphatic rings. The van der Waals surface area contributed by atoms with Crippen molar-refractivity contribution in [3.8, 4) is 17.0 Å². The Labute approximate surface area is 81.6 Å². The third-order valence-electron chi connectivity index (χ3n) is 2.70. The quantitative estimate of drug-likeness (QED) is 0.681. The lowest BCUT2D eigenvalue weighted by atomic mass is 9.99. The maximum atomic E-state index is 9.36. The molecule has 0 radical (unpaired) electrons. The molecular weight excluding hydrogens is 176 g/mol. The van der Waals surface area contributed by atoms with E-state index in [1.807, 2.05) is 24.7 Å². The Bertz CT molecular complexity index is 488. The predicted octanol–water partition coefficient (Wildman–Crippen LogP) is 1.81. The van der Waals surface area contributed by atoms with Gasteiger partial charge in [-0.3, -0.25) is 0 Å². The van der Waals surface area contributed by atoms with Gasteiger partial charge >= 0.3 is 0 Å². The molecular formula is C11H10N2O. The van der Waals surface area contributed by atoms with E-state index in [4.69, 9.17) is 0 Å². The van der Waals surface area contributed by atoms with Crippen molar-refractivity contribution >= 4 is 0 Å². The van der Waals surface area contributed by atoms with Crippen LogP contribution in [0.15, 0.2) is 30.7 Å². The number of aryl methyl sites for hydroxylation is 2. The first-order valence-electron chi connectivity index (χ1n) is 4.67. The molecule has 70 valence electrons. The number of benzene rings is 1. The fourth-order valence-electron chi connectivity index (χ4n) is 2.00. The topological polar surface area (TPSA) is 38.0 Å². The highest BCUT2D eigenvalue weighted by Gasteiger charge is 2.15. The van der Waals surface area contributed by atoms with Gasteiger partial charge in [0, 0.05) is 12.1 Å². The van der Waals surface area contributed by atoms with Gasteiger partial charge in [0.25, 0.3) is 0 Å². The van der Waals surface area contributed by atoms with E-state index in [9.17, 15) is 5.11 Å². The molecule has 3 nitrogen and oxygen atoms in total. The molecule has 3 heteroatoms. The van der Waals surface area contributed by atoms with E-state index in [-0.39, 0.29) is 0 Å². The van der Waals surface area contributed by atoms with Crippen LogP contribution in [0.25, 0.3) is 11.3 Å². The van der Waals surface area contributed by atoms with Gasteiger partial charge in [0.15, 0.2) is 0 Å². The Morgan fingerprint density at radius 1 is 1.36 bits per heavy atom. The van der Waals surface area contributed by atoms with Gasteiger partial charge < -0.3 is 9.67 Å². The van der Waals surface area contributed by atoms with Crippen LogP contribution in [0.4, 0.5) is 0 Å². The molecule has 0 spiro atoms. The van der Waals surface area contributed by atoms with Crippen LogP contribution >= 0.6 is 0 Å². The third-order valence-corrected chi connectivity index (χ3v) is 2.70. The molecule has 14 heavy (non-hydrogen) atoms. The summed E-state index contributed by atoms with van der Waals surface area (Å²) in [4.78, 5) is 4.13. The minimum absolute atomic E-state index is 0.344. The smallest absolute Gasteiger partial charge is 0.115 e. The summed E-state index contributed by atoms with van der Waals surface area (Å²) in [6.07, 6.45) is 4.69. The normalized spacial score (nSPS) is 13.4. The second-order valence-corrected chi connectivity index (χ2v) is 3.56. The molecule has 0 amide bonds. The first kappa shape index (κ1) is 7.62. The van der Waals surface area contributed by atoms with Crippen LogP contribution in [-0.2, 0) is 13.0 Å². The molecule has 3 rings (SSSR count). The summed E-state index contributed by atoms with van der Waals surface area (Å²) < 4.78 is 2.14. The molecule has 1 aromatic heterocycles. The molecule has 0 bridgehead atoms. The Balaban J connectivity index is 2.26. The molecule has 0 atom stereocenters. The number of nitrogens with zero attached hydrogens (tertiary/aromatic N) is 2. The van der Waals surface area contributed by atoms with Gasteiger partial charge in [-0.2, -0.15) is 0 Å². The van der Waals surface area contributed by atoms with Crippen LogP contribution in [0.3, 0.4) is 0 Å². The molecule has 0 aliphatic carbocycles. The highest BCUT2D eigenvalue weighted by atomic mass is 16.3. The monoisotopic (exact) mass is 186 g/mol. The summed E-state index contributed by atoms with van der Waals surface area (Å²) >= 11 is 0. The first-order valence-corrected chi connectivity index (χ1v) is 4.67. The fraction of sp³-hybridized carbons (Fsp3) is 0.182. The van der Waals surface area contributed by atoms with Crippen molar-refractivity contribution in [3.63, 3.8) is 0 Å². The zero-order valence-corrected chi connectivity index (χ0v) is 7.64. The molecule has 1 aliphatic heterocycles. The number of imidazole rings is 1. The summed E-state index contributed by atoms with van der Waals surface area (Å²) in [6.45, 7) is 0.950. The minimum Gasteiger partial charge on any atom is -0.508 e. The Kier molecular flexibility index (Phi) is 1.42. The predicted molar refractivity (Wildman–Crippen MR) is 53.0 cm³/mol.